The SMILES string of the molecule is CCNC(c1ccccc1)C(C)OCC(F)(F)F. The van der Waals surface area contributed by atoms with E-state index in [1.807, 2.05) is 37.3 Å². The number of hydrogen-bond donors (Lipinski definition) is 1. The van der Waals surface area contributed by atoms with Crippen LogP contribution in [0.3, 0.4) is 0 Å². The van der Waals surface area contributed by atoms with Crippen LogP contribution in [-0.4, -0.2) is 25.4 Å². The van der Waals surface area contributed by atoms with Crippen molar-refractivity contribution in [1.29, 1.82) is 0 Å². The van der Waals surface area contributed by atoms with Gasteiger partial charge in [0.05, 0.1) is 12.1 Å². The number of likely N-dealkylation sites (N-methyl/N-ethyl adjacent to an activating group) is 1. The number of halogens is 3. The van der Waals surface area contributed by atoms with Crippen LogP contribution in [0.5, 0.6) is 0 Å². The van der Waals surface area contributed by atoms with E-state index in [2.05, 4.69) is 5.32 Å². The van der Waals surface area contributed by atoms with Crippen molar-refractivity contribution >= 4 is 0 Å². The van der Waals surface area contributed by atoms with E-state index in [1.165, 1.54) is 0 Å². The Labute approximate surface area is 105 Å². The average molecular weight is 261 g/mol. The third kappa shape index (κ3) is 5.06. The van der Waals surface area contributed by atoms with E-state index in [0.717, 1.165) is 5.56 Å². The summed E-state index contributed by atoms with van der Waals surface area (Å²) in [7, 11) is 0. The molecular weight excluding hydrogens is 243 g/mol. The molecule has 0 fully saturated rings. The summed E-state index contributed by atoms with van der Waals surface area (Å²) in [5.41, 5.74) is 0.925. The fourth-order valence-electron chi connectivity index (χ4n) is 1.76. The predicted molar refractivity (Wildman–Crippen MR) is 64.3 cm³/mol. The summed E-state index contributed by atoms with van der Waals surface area (Å²) in [4.78, 5) is 0. The standard InChI is InChI=1S/C13H18F3NO/c1-3-17-12(11-7-5-4-6-8-11)10(2)18-9-13(14,15)16/h4-8,10,12,17H,3,9H2,1-2H3. The van der Waals surface area contributed by atoms with Crippen LogP contribution in [0.25, 0.3) is 0 Å². The molecular formula is C13H18F3NO. The molecule has 2 nitrogen and oxygen atoms in total. The van der Waals surface area contributed by atoms with Crippen molar-refractivity contribution < 1.29 is 17.9 Å². The first-order chi connectivity index (χ1) is 8.44. The van der Waals surface area contributed by atoms with E-state index >= 15 is 0 Å². The summed E-state index contributed by atoms with van der Waals surface area (Å²) in [5, 5.41) is 3.14. The van der Waals surface area contributed by atoms with Crippen molar-refractivity contribution in [3.05, 3.63) is 35.9 Å². The maximum atomic E-state index is 12.1. The Bertz CT molecular complexity index is 340. The number of hydrogen-bond acceptors (Lipinski definition) is 2. The van der Waals surface area contributed by atoms with Crippen molar-refractivity contribution in [2.75, 3.05) is 13.2 Å². The Morgan fingerprint density at radius 2 is 1.83 bits per heavy atom. The van der Waals surface area contributed by atoms with Gasteiger partial charge in [0.15, 0.2) is 0 Å². The first-order valence-corrected chi connectivity index (χ1v) is 5.90. The Balaban J connectivity index is 2.67. The van der Waals surface area contributed by atoms with E-state index < -0.39 is 18.9 Å². The van der Waals surface area contributed by atoms with Gasteiger partial charge in [-0.3, -0.25) is 0 Å². The molecule has 102 valence electrons. The Morgan fingerprint density at radius 1 is 1.22 bits per heavy atom. The van der Waals surface area contributed by atoms with E-state index in [-0.39, 0.29) is 6.04 Å². The van der Waals surface area contributed by atoms with Gasteiger partial charge in [-0.1, -0.05) is 37.3 Å². The smallest absolute Gasteiger partial charge is 0.367 e. The molecule has 5 heteroatoms. The molecule has 0 amide bonds. The summed E-state index contributed by atoms with van der Waals surface area (Å²) >= 11 is 0. The molecule has 18 heavy (non-hydrogen) atoms. The molecule has 2 unspecified atom stereocenters. The lowest BCUT2D eigenvalue weighted by Crippen LogP contribution is -2.34. The molecule has 0 aliphatic heterocycles. The predicted octanol–water partition coefficient (Wildman–Crippen LogP) is 3.30. The molecule has 2 atom stereocenters. The molecule has 0 spiro atoms. The first kappa shape index (κ1) is 15.0. The van der Waals surface area contributed by atoms with Gasteiger partial charge >= 0.3 is 6.18 Å². The summed E-state index contributed by atoms with van der Waals surface area (Å²) in [6.45, 7) is 3.00. The van der Waals surface area contributed by atoms with Gasteiger partial charge < -0.3 is 10.1 Å². The van der Waals surface area contributed by atoms with Gasteiger partial charge in [-0.15, -0.1) is 0 Å². The summed E-state index contributed by atoms with van der Waals surface area (Å²) in [6, 6.07) is 9.10. The fourth-order valence-corrected chi connectivity index (χ4v) is 1.76. The molecule has 0 heterocycles. The van der Waals surface area contributed by atoms with Crippen molar-refractivity contribution in [3.63, 3.8) is 0 Å². The van der Waals surface area contributed by atoms with Crippen LogP contribution in [-0.2, 0) is 4.74 Å². The van der Waals surface area contributed by atoms with Gasteiger partial charge in [0.2, 0.25) is 0 Å². The lowest BCUT2D eigenvalue weighted by molar-refractivity contribution is -0.186. The highest BCUT2D eigenvalue weighted by Gasteiger charge is 2.30. The molecule has 1 aromatic carbocycles. The minimum absolute atomic E-state index is 0.237. The van der Waals surface area contributed by atoms with Gasteiger partial charge in [-0.2, -0.15) is 13.2 Å². The zero-order chi connectivity index (χ0) is 13.6. The minimum atomic E-state index is -4.29. The van der Waals surface area contributed by atoms with Gasteiger partial charge in [-0.05, 0) is 19.0 Å². The first-order valence-electron chi connectivity index (χ1n) is 5.90. The highest BCUT2D eigenvalue weighted by atomic mass is 19.4. The fraction of sp³-hybridized carbons (Fsp3) is 0.538. The van der Waals surface area contributed by atoms with Crippen LogP contribution in [0.4, 0.5) is 13.2 Å². The number of alkyl halides is 3. The average Bonchev–Trinajstić information content (AvgIpc) is 2.33. The Morgan fingerprint density at radius 3 is 2.33 bits per heavy atom. The van der Waals surface area contributed by atoms with Crippen LogP contribution >= 0.6 is 0 Å². The number of rotatable bonds is 6. The molecule has 1 aromatic rings. The highest BCUT2D eigenvalue weighted by Crippen LogP contribution is 2.22. The second-order valence-corrected chi connectivity index (χ2v) is 4.08. The van der Waals surface area contributed by atoms with E-state index in [1.54, 1.807) is 6.92 Å². The van der Waals surface area contributed by atoms with Gasteiger partial charge in [-0.25, -0.2) is 0 Å². The van der Waals surface area contributed by atoms with Crippen LogP contribution in [0.1, 0.15) is 25.5 Å². The third-order valence-electron chi connectivity index (χ3n) is 2.56. The maximum Gasteiger partial charge on any atom is 0.411 e. The largest absolute Gasteiger partial charge is 0.411 e. The van der Waals surface area contributed by atoms with E-state index in [9.17, 15) is 13.2 Å². The molecule has 0 saturated heterocycles. The molecule has 0 radical (unpaired) electrons. The monoisotopic (exact) mass is 261 g/mol. The molecule has 0 aromatic heterocycles. The summed E-state index contributed by atoms with van der Waals surface area (Å²) < 4.78 is 41.3. The zero-order valence-corrected chi connectivity index (χ0v) is 10.5. The maximum absolute atomic E-state index is 12.1. The molecule has 1 rings (SSSR count). The summed E-state index contributed by atoms with van der Waals surface area (Å²) in [5.74, 6) is 0. The van der Waals surface area contributed by atoms with Crippen molar-refractivity contribution in [3.8, 4) is 0 Å². The summed E-state index contributed by atoms with van der Waals surface area (Å²) in [6.07, 6.45) is -4.84. The molecule has 0 aliphatic carbocycles. The number of ether oxygens (including phenoxy) is 1. The van der Waals surface area contributed by atoms with Crippen molar-refractivity contribution in [1.82, 2.24) is 5.32 Å². The van der Waals surface area contributed by atoms with Gasteiger partial charge in [0.25, 0.3) is 0 Å². The molecule has 0 aliphatic rings. The quantitative estimate of drug-likeness (QED) is 0.848. The Kier molecular flexibility index (Phi) is 5.62. The number of benzene rings is 1. The van der Waals surface area contributed by atoms with Crippen LogP contribution in [0.15, 0.2) is 30.3 Å². The van der Waals surface area contributed by atoms with Crippen LogP contribution in [0, 0.1) is 0 Å². The van der Waals surface area contributed by atoms with Crippen LogP contribution < -0.4 is 5.32 Å². The minimum Gasteiger partial charge on any atom is -0.367 e. The van der Waals surface area contributed by atoms with E-state index in [0.29, 0.717) is 6.54 Å². The van der Waals surface area contributed by atoms with Crippen LogP contribution in [0.2, 0.25) is 0 Å². The molecule has 1 N–H and O–H groups in total. The topological polar surface area (TPSA) is 21.3 Å². The van der Waals surface area contributed by atoms with E-state index in [4.69, 9.17) is 4.74 Å². The lowest BCUT2D eigenvalue weighted by atomic mass is 10.0. The lowest BCUT2D eigenvalue weighted by Gasteiger charge is -2.26. The number of nitrogens with one attached hydrogen (secondary N) is 1. The zero-order valence-electron chi connectivity index (χ0n) is 10.5. The van der Waals surface area contributed by atoms with Crippen molar-refractivity contribution in [2.24, 2.45) is 0 Å². The molecule has 0 saturated carbocycles. The second kappa shape index (κ2) is 6.75. The third-order valence-corrected chi connectivity index (χ3v) is 2.56. The highest BCUT2D eigenvalue weighted by molar-refractivity contribution is 5.19. The normalized spacial score (nSPS) is 15.4. The second-order valence-electron chi connectivity index (χ2n) is 4.08. The Hall–Kier alpha value is -1.07. The van der Waals surface area contributed by atoms with Crippen molar-refractivity contribution in [2.45, 2.75) is 32.2 Å². The molecule has 0 bridgehead atoms. The van der Waals surface area contributed by atoms with Gasteiger partial charge in [0.1, 0.15) is 6.61 Å². The van der Waals surface area contributed by atoms with Gasteiger partial charge in [0, 0.05) is 0 Å².